The monoisotopic (exact) mass is 344 g/mol. The summed E-state index contributed by atoms with van der Waals surface area (Å²) in [6.45, 7) is 0.0276. The van der Waals surface area contributed by atoms with Gasteiger partial charge in [0.1, 0.15) is 11.5 Å². The van der Waals surface area contributed by atoms with Crippen LogP contribution in [0.25, 0.3) is 0 Å². The molecule has 0 bridgehead atoms. The fourth-order valence-electron chi connectivity index (χ4n) is 2.15. The standard InChI is InChI=1S/C18H20N2O5/c1-23-14-7-8-15(16(10-14)24-2)20-17(21)11-19-13-6-4-5-12(9-13)18(22)25-3/h4-10,19H,11H2,1-3H3,(H,20,21). The van der Waals surface area contributed by atoms with Crippen LogP contribution in [0.15, 0.2) is 42.5 Å². The van der Waals surface area contributed by atoms with Crippen LogP contribution in [0.2, 0.25) is 0 Å². The Balaban J connectivity index is 1.98. The van der Waals surface area contributed by atoms with Crippen molar-refractivity contribution in [2.75, 3.05) is 38.5 Å². The normalized spacial score (nSPS) is 9.88. The first kappa shape index (κ1) is 18.1. The molecule has 0 atom stereocenters. The van der Waals surface area contributed by atoms with Gasteiger partial charge < -0.3 is 24.8 Å². The number of methoxy groups -OCH3 is 3. The van der Waals surface area contributed by atoms with Gasteiger partial charge in [0.05, 0.1) is 39.1 Å². The summed E-state index contributed by atoms with van der Waals surface area (Å²) in [5.41, 5.74) is 1.59. The second-order valence-electron chi connectivity index (χ2n) is 5.04. The molecule has 0 saturated carbocycles. The molecule has 0 spiro atoms. The van der Waals surface area contributed by atoms with Crippen molar-refractivity contribution in [1.82, 2.24) is 0 Å². The molecule has 2 aromatic carbocycles. The number of ether oxygens (including phenoxy) is 3. The summed E-state index contributed by atoms with van der Waals surface area (Å²) in [4.78, 5) is 23.6. The van der Waals surface area contributed by atoms with Crippen molar-refractivity contribution >= 4 is 23.3 Å². The lowest BCUT2D eigenvalue weighted by molar-refractivity contribution is -0.114. The molecule has 1 amide bonds. The molecule has 0 aliphatic heterocycles. The Morgan fingerprint density at radius 1 is 1.00 bits per heavy atom. The Labute approximate surface area is 145 Å². The average Bonchev–Trinajstić information content (AvgIpc) is 2.66. The molecular weight excluding hydrogens is 324 g/mol. The van der Waals surface area contributed by atoms with Crippen molar-refractivity contribution in [3.63, 3.8) is 0 Å². The third kappa shape index (κ3) is 4.87. The van der Waals surface area contributed by atoms with E-state index in [9.17, 15) is 9.59 Å². The molecule has 7 heteroatoms. The van der Waals surface area contributed by atoms with Gasteiger partial charge >= 0.3 is 5.97 Å². The van der Waals surface area contributed by atoms with Gasteiger partial charge in [-0.15, -0.1) is 0 Å². The number of amides is 1. The molecule has 0 aliphatic carbocycles. The molecule has 0 fully saturated rings. The van der Waals surface area contributed by atoms with E-state index in [1.54, 1.807) is 49.6 Å². The number of hydrogen-bond donors (Lipinski definition) is 2. The molecule has 0 aliphatic rings. The van der Waals surface area contributed by atoms with Gasteiger partial charge in [-0.3, -0.25) is 4.79 Å². The summed E-state index contributed by atoms with van der Waals surface area (Å²) in [6.07, 6.45) is 0. The van der Waals surface area contributed by atoms with Crippen molar-refractivity contribution in [2.24, 2.45) is 0 Å². The number of hydrogen-bond acceptors (Lipinski definition) is 6. The third-order valence-corrected chi connectivity index (χ3v) is 3.42. The minimum absolute atomic E-state index is 0.0276. The van der Waals surface area contributed by atoms with Crippen LogP contribution in [0.4, 0.5) is 11.4 Å². The van der Waals surface area contributed by atoms with Crippen LogP contribution in [-0.2, 0) is 9.53 Å². The van der Waals surface area contributed by atoms with Crippen LogP contribution in [0.1, 0.15) is 10.4 Å². The topological polar surface area (TPSA) is 85.9 Å². The largest absolute Gasteiger partial charge is 0.497 e. The molecule has 0 aromatic heterocycles. The first-order chi connectivity index (χ1) is 12.1. The molecular formula is C18H20N2O5. The Hall–Kier alpha value is -3.22. The van der Waals surface area contributed by atoms with Crippen LogP contribution >= 0.6 is 0 Å². The van der Waals surface area contributed by atoms with Crippen LogP contribution in [-0.4, -0.2) is 39.8 Å². The highest BCUT2D eigenvalue weighted by Crippen LogP contribution is 2.28. The second-order valence-corrected chi connectivity index (χ2v) is 5.04. The van der Waals surface area contributed by atoms with Crippen molar-refractivity contribution in [1.29, 1.82) is 0 Å². The zero-order valence-electron chi connectivity index (χ0n) is 14.3. The van der Waals surface area contributed by atoms with Crippen molar-refractivity contribution < 1.29 is 23.8 Å². The maximum absolute atomic E-state index is 12.1. The fourth-order valence-corrected chi connectivity index (χ4v) is 2.15. The lowest BCUT2D eigenvalue weighted by Crippen LogP contribution is -2.22. The van der Waals surface area contributed by atoms with E-state index in [4.69, 9.17) is 9.47 Å². The van der Waals surface area contributed by atoms with Crippen LogP contribution < -0.4 is 20.1 Å². The quantitative estimate of drug-likeness (QED) is 0.751. The molecule has 2 N–H and O–H groups in total. The molecule has 2 rings (SSSR count). The van der Waals surface area contributed by atoms with Gasteiger partial charge in [-0.05, 0) is 30.3 Å². The first-order valence-corrected chi connectivity index (χ1v) is 7.51. The number of benzene rings is 2. The number of esters is 1. The van der Waals surface area contributed by atoms with E-state index in [2.05, 4.69) is 15.4 Å². The van der Waals surface area contributed by atoms with Crippen LogP contribution in [0.3, 0.4) is 0 Å². The van der Waals surface area contributed by atoms with E-state index in [1.165, 1.54) is 14.2 Å². The zero-order valence-corrected chi connectivity index (χ0v) is 14.3. The Morgan fingerprint density at radius 3 is 2.48 bits per heavy atom. The van der Waals surface area contributed by atoms with E-state index in [0.717, 1.165) is 0 Å². The van der Waals surface area contributed by atoms with E-state index in [-0.39, 0.29) is 12.5 Å². The van der Waals surface area contributed by atoms with Crippen LogP contribution in [0.5, 0.6) is 11.5 Å². The third-order valence-electron chi connectivity index (χ3n) is 3.42. The molecule has 2 aromatic rings. The molecule has 0 heterocycles. The average molecular weight is 344 g/mol. The Bertz CT molecular complexity index is 761. The highest BCUT2D eigenvalue weighted by atomic mass is 16.5. The second kappa shape index (κ2) is 8.58. The van der Waals surface area contributed by atoms with Crippen LogP contribution in [0, 0.1) is 0 Å². The predicted octanol–water partition coefficient (Wildman–Crippen LogP) is 2.54. The lowest BCUT2D eigenvalue weighted by atomic mass is 10.2. The van der Waals surface area contributed by atoms with Crippen molar-refractivity contribution in [3.05, 3.63) is 48.0 Å². The van der Waals surface area contributed by atoms with E-state index in [1.807, 2.05) is 0 Å². The maximum Gasteiger partial charge on any atom is 0.337 e. The SMILES string of the molecule is COC(=O)c1cccc(NCC(=O)Nc2ccc(OC)cc2OC)c1. The highest BCUT2D eigenvalue weighted by molar-refractivity contribution is 5.95. The van der Waals surface area contributed by atoms with E-state index < -0.39 is 5.97 Å². The first-order valence-electron chi connectivity index (χ1n) is 7.51. The minimum atomic E-state index is -0.434. The number of nitrogens with one attached hydrogen (secondary N) is 2. The smallest absolute Gasteiger partial charge is 0.337 e. The van der Waals surface area contributed by atoms with Gasteiger partial charge in [-0.25, -0.2) is 4.79 Å². The van der Waals surface area contributed by atoms with Gasteiger partial charge in [0, 0.05) is 11.8 Å². The summed E-state index contributed by atoms with van der Waals surface area (Å²) in [7, 11) is 4.39. The maximum atomic E-state index is 12.1. The molecule has 0 radical (unpaired) electrons. The van der Waals surface area contributed by atoms with Gasteiger partial charge in [-0.1, -0.05) is 6.07 Å². The molecule has 0 unspecified atom stereocenters. The van der Waals surface area contributed by atoms with Gasteiger partial charge in [0.25, 0.3) is 0 Å². The summed E-state index contributed by atoms with van der Waals surface area (Å²) in [5.74, 6) is 0.441. The summed E-state index contributed by atoms with van der Waals surface area (Å²) < 4.78 is 15.0. The molecule has 0 saturated heterocycles. The highest BCUT2D eigenvalue weighted by Gasteiger charge is 2.10. The van der Waals surface area contributed by atoms with Crippen molar-refractivity contribution in [2.45, 2.75) is 0 Å². The number of rotatable bonds is 7. The van der Waals surface area contributed by atoms with Gasteiger partial charge in [0.15, 0.2) is 0 Å². The fraction of sp³-hybridized carbons (Fsp3) is 0.222. The number of carbonyl (C=O) groups is 2. The van der Waals surface area contributed by atoms with E-state index >= 15 is 0 Å². The minimum Gasteiger partial charge on any atom is -0.497 e. The van der Waals surface area contributed by atoms with Gasteiger partial charge in [-0.2, -0.15) is 0 Å². The van der Waals surface area contributed by atoms with Crippen molar-refractivity contribution in [3.8, 4) is 11.5 Å². The zero-order chi connectivity index (χ0) is 18.2. The molecule has 25 heavy (non-hydrogen) atoms. The Kier molecular flexibility index (Phi) is 6.22. The summed E-state index contributed by atoms with van der Waals surface area (Å²) in [6, 6.07) is 11.8. The number of anilines is 2. The number of carbonyl (C=O) groups excluding carboxylic acids is 2. The molecule has 132 valence electrons. The molecule has 7 nitrogen and oxygen atoms in total. The lowest BCUT2D eigenvalue weighted by Gasteiger charge is -2.12. The summed E-state index contributed by atoms with van der Waals surface area (Å²) in [5, 5.41) is 5.72. The van der Waals surface area contributed by atoms with E-state index in [0.29, 0.717) is 28.4 Å². The Morgan fingerprint density at radius 2 is 1.80 bits per heavy atom. The summed E-state index contributed by atoms with van der Waals surface area (Å²) >= 11 is 0. The van der Waals surface area contributed by atoms with Gasteiger partial charge in [0.2, 0.25) is 5.91 Å². The predicted molar refractivity (Wildman–Crippen MR) is 94.4 cm³/mol.